The largest absolute Gasteiger partial charge is 0.338 e. The number of benzene rings is 1. The van der Waals surface area contributed by atoms with Gasteiger partial charge in [-0.1, -0.05) is 30.0 Å². The average molecular weight is 356 g/mol. The van der Waals surface area contributed by atoms with Crippen LogP contribution in [0.2, 0.25) is 0 Å². The van der Waals surface area contributed by atoms with Crippen molar-refractivity contribution in [2.24, 2.45) is 0 Å². The first-order valence-electron chi connectivity index (χ1n) is 7.15. The van der Waals surface area contributed by atoms with Gasteiger partial charge in [-0.3, -0.25) is 4.79 Å². The summed E-state index contributed by atoms with van der Waals surface area (Å²) in [5, 5.41) is 13.1. The number of rotatable bonds is 4. The van der Waals surface area contributed by atoms with E-state index in [2.05, 4.69) is 30.5 Å². The number of thioether (sulfide) groups is 1. The number of carbonyl (C=O) groups is 1. The third-order valence-electron chi connectivity index (χ3n) is 3.30. The fraction of sp³-hybridized carbons (Fsp3) is 0.133. The van der Waals surface area contributed by atoms with E-state index >= 15 is 0 Å². The molecular formula is C15H12N6OS2. The number of carbonyl (C=O) groups excluding carboxylic acids is 1. The lowest BCUT2D eigenvalue weighted by atomic mass is 10.2. The van der Waals surface area contributed by atoms with Gasteiger partial charge in [-0.2, -0.15) is 0 Å². The average Bonchev–Trinajstić information content (AvgIpc) is 3.15. The molecule has 0 bridgehead atoms. The number of amides is 1. The molecule has 3 heterocycles. The van der Waals surface area contributed by atoms with Crippen LogP contribution in [-0.2, 0) is 4.79 Å². The van der Waals surface area contributed by atoms with E-state index in [1.165, 1.54) is 23.1 Å². The minimum absolute atomic E-state index is 0.144. The Morgan fingerprint density at radius 2 is 2.21 bits per heavy atom. The third kappa shape index (κ3) is 2.95. The van der Waals surface area contributed by atoms with Gasteiger partial charge in [-0.15, -0.1) is 21.5 Å². The first-order valence-corrected chi connectivity index (χ1v) is 8.95. The zero-order chi connectivity index (χ0) is 16.5. The highest BCUT2D eigenvalue weighted by molar-refractivity contribution is 7.99. The maximum absolute atomic E-state index is 12.0. The molecule has 0 aliphatic heterocycles. The molecule has 120 valence electrons. The molecule has 0 saturated carbocycles. The summed E-state index contributed by atoms with van der Waals surface area (Å²) in [6, 6.07) is 7.84. The standard InChI is InChI=1S/C15H12N6OS2/c1-8-6-16-14(24-8)18-11(22)7-23-15-19-13-12(20-21-15)9-4-2-3-5-10(9)17-13/h2-6H,7H2,1H3,(H,16,18,22)(H,17,19,21). The van der Waals surface area contributed by atoms with Gasteiger partial charge < -0.3 is 10.3 Å². The van der Waals surface area contributed by atoms with Crippen LogP contribution in [-0.4, -0.2) is 36.8 Å². The number of para-hydroxylation sites is 1. The molecule has 1 amide bonds. The Morgan fingerprint density at radius 3 is 3.04 bits per heavy atom. The van der Waals surface area contributed by atoms with Gasteiger partial charge in [0, 0.05) is 22.0 Å². The summed E-state index contributed by atoms with van der Waals surface area (Å²) in [7, 11) is 0. The first kappa shape index (κ1) is 15.0. The molecule has 4 aromatic rings. The summed E-state index contributed by atoms with van der Waals surface area (Å²) in [5.74, 6) is 0.0566. The Balaban J connectivity index is 1.48. The Bertz CT molecular complexity index is 1040. The first-order chi connectivity index (χ1) is 11.7. The quantitative estimate of drug-likeness (QED) is 0.546. The van der Waals surface area contributed by atoms with Crippen molar-refractivity contribution in [3.05, 3.63) is 35.3 Å². The molecule has 24 heavy (non-hydrogen) atoms. The Labute approximate surface area is 144 Å². The minimum atomic E-state index is -0.144. The fourth-order valence-corrected chi connectivity index (χ4v) is 3.53. The van der Waals surface area contributed by atoms with E-state index in [1.54, 1.807) is 6.20 Å². The molecule has 0 fully saturated rings. The highest BCUT2D eigenvalue weighted by Crippen LogP contribution is 2.23. The highest BCUT2D eigenvalue weighted by Gasteiger charge is 2.11. The molecule has 0 aliphatic rings. The minimum Gasteiger partial charge on any atom is -0.338 e. The number of aromatic nitrogens is 5. The molecular weight excluding hydrogens is 344 g/mol. The second-order valence-electron chi connectivity index (χ2n) is 5.08. The van der Waals surface area contributed by atoms with Crippen molar-refractivity contribution in [3.8, 4) is 0 Å². The molecule has 2 N–H and O–H groups in total. The number of aryl methyl sites for hydroxylation is 1. The van der Waals surface area contributed by atoms with E-state index in [0.717, 1.165) is 21.3 Å². The van der Waals surface area contributed by atoms with Gasteiger partial charge in [0.2, 0.25) is 11.1 Å². The van der Waals surface area contributed by atoms with E-state index < -0.39 is 0 Å². The van der Waals surface area contributed by atoms with Crippen molar-refractivity contribution in [2.45, 2.75) is 12.1 Å². The number of aromatic amines is 1. The summed E-state index contributed by atoms with van der Waals surface area (Å²) in [4.78, 5) is 24.8. The summed E-state index contributed by atoms with van der Waals surface area (Å²) < 4.78 is 0. The normalized spacial score (nSPS) is 11.2. The topological polar surface area (TPSA) is 96.5 Å². The van der Waals surface area contributed by atoms with Crippen LogP contribution in [0.3, 0.4) is 0 Å². The number of hydrogen-bond donors (Lipinski definition) is 2. The number of anilines is 1. The van der Waals surface area contributed by atoms with Gasteiger partial charge in [-0.25, -0.2) is 9.97 Å². The zero-order valence-electron chi connectivity index (χ0n) is 12.6. The molecule has 3 aromatic heterocycles. The van der Waals surface area contributed by atoms with Crippen LogP contribution in [0.1, 0.15) is 4.88 Å². The molecule has 0 saturated heterocycles. The second kappa shape index (κ2) is 6.17. The van der Waals surface area contributed by atoms with E-state index in [-0.39, 0.29) is 11.7 Å². The Kier molecular flexibility index (Phi) is 3.87. The van der Waals surface area contributed by atoms with Crippen LogP contribution in [0, 0.1) is 6.92 Å². The number of H-pyrrole nitrogens is 1. The molecule has 0 atom stereocenters. The van der Waals surface area contributed by atoms with Crippen molar-refractivity contribution in [1.29, 1.82) is 0 Å². The van der Waals surface area contributed by atoms with Gasteiger partial charge in [0.25, 0.3) is 0 Å². The predicted octanol–water partition coefficient (Wildman–Crippen LogP) is 3.00. The molecule has 0 radical (unpaired) electrons. The molecule has 4 rings (SSSR count). The zero-order valence-corrected chi connectivity index (χ0v) is 14.2. The summed E-state index contributed by atoms with van der Waals surface area (Å²) >= 11 is 2.68. The van der Waals surface area contributed by atoms with Gasteiger partial charge >= 0.3 is 0 Å². The summed E-state index contributed by atoms with van der Waals surface area (Å²) in [5.41, 5.74) is 2.37. The molecule has 0 spiro atoms. The van der Waals surface area contributed by atoms with Crippen LogP contribution in [0.25, 0.3) is 22.1 Å². The van der Waals surface area contributed by atoms with Gasteiger partial charge in [0.15, 0.2) is 10.8 Å². The van der Waals surface area contributed by atoms with E-state index in [0.29, 0.717) is 15.9 Å². The lowest BCUT2D eigenvalue weighted by Gasteiger charge is -2.00. The van der Waals surface area contributed by atoms with Crippen molar-refractivity contribution in [2.75, 3.05) is 11.1 Å². The lowest BCUT2D eigenvalue weighted by Crippen LogP contribution is -2.14. The smallest absolute Gasteiger partial charge is 0.236 e. The van der Waals surface area contributed by atoms with Crippen LogP contribution in [0.15, 0.2) is 35.6 Å². The van der Waals surface area contributed by atoms with Gasteiger partial charge in [0.1, 0.15) is 5.52 Å². The van der Waals surface area contributed by atoms with E-state index in [4.69, 9.17) is 0 Å². The maximum Gasteiger partial charge on any atom is 0.236 e. The number of fused-ring (bicyclic) bond motifs is 3. The molecule has 9 heteroatoms. The molecule has 0 unspecified atom stereocenters. The monoisotopic (exact) mass is 356 g/mol. The van der Waals surface area contributed by atoms with Crippen molar-refractivity contribution < 1.29 is 4.79 Å². The maximum atomic E-state index is 12.0. The fourth-order valence-electron chi connectivity index (χ4n) is 2.26. The van der Waals surface area contributed by atoms with Crippen LogP contribution < -0.4 is 5.32 Å². The molecule has 1 aromatic carbocycles. The second-order valence-corrected chi connectivity index (χ2v) is 7.25. The summed E-state index contributed by atoms with van der Waals surface area (Å²) in [6.07, 6.45) is 1.73. The Morgan fingerprint density at radius 1 is 1.33 bits per heavy atom. The van der Waals surface area contributed by atoms with Gasteiger partial charge in [-0.05, 0) is 13.0 Å². The van der Waals surface area contributed by atoms with Gasteiger partial charge in [0.05, 0.1) is 5.75 Å². The van der Waals surface area contributed by atoms with Crippen molar-refractivity contribution >= 4 is 56.2 Å². The van der Waals surface area contributed by atoms with Crippen molar-refractivity contribution in [1.82, 2.24) is 25.1 Å². The number of hydrogen-bond acceptors (Lipinski definition) is 7. The SMILES string of the molecule is Cc1cnc(NC(=O)CSc2nnc3c(n2)[nH]c2ccccc23)s1. The molecule has 0 aliphatic carbocycles. The van der Waals surface area contributed by atoms with Crippen LogP contribution >= 0.6 is 23.1 Å². The summed E-state index contributed by atoms with van der Waals surface area (Å²) in [6.45, 7) is 1.94. The number of nitrogens with zero attached hydrogens (tertiary/aromatic N) is 4. The van der Waals surface area contributed by atoms with E-state index in [9.17, 15) is 4.79 Å². The predicted molar refractivity (Wildman–Crippen MR) is 95.4 cm³/mol. The van der Waals surface area contributed by atoms with Crippen LogP contribution in [0.5, 0.6) is 0 Å². The lowest BCUT2D eigenvalue weighted by molar-refractivity contribution is -0.113. The molecule has 7 nitrogen and oxygen atoms in total. The Hall–Kier alpha value is -2.52. The number of nitrogens with one attached hydrogen (secondary N) is 2. The van der Waals surface area contributed by atoms with Crippen molar-refractivity contribution in [3.63, 3.8) is 0 Å². The van der Waals surface area contributed by atoms with E-state index in [1.807, 2.05) is 31.2 Å². The van der Waals surface area contributed by atoms with Crippen LogP contribution in [0.4, 0.5) is 5.13 Å². The number of thiazole rings is 1. The third-order valence-corrected chi connectivity index (χ3v) is 4.97. The highest BCUT2D eigenvalue weighted by atomic mass is 32.2.